The first kappa shape index (κ1) is 22.3. The molecular formula is C21H22F3NO4. The predicted octanol–water partition coefficient (Wildman–Crippen LogP) is 4.38. The molecule has 0 saturated carbocycles. The molecule has 1 N–H and O–H groups in total. The van der Waals surface area contributed by atoms with E-state index in [9.17, 15) is 27.9 Å². The molecule has 0 unspecified atom stereocenters. The van der Waals surface area contributed by atoms with Crippen molar-refractivity contribution in [3.05, 3.63) is 53.1 Å². The molecular weight excluding hydrogens is 387 g/mol. The molecule has 156 valence electrons. The van der Waals surface area contributed by atoms with Crippen molar-refractivity contribution >= 4 is 11.9 Å². The minimum atomic E-state index is -4.47. The number of nitrogens with zero attached hydrogens (tertiary/aromatic N) is 1. The minimum Gasteiger partial charge on any atom is -0.496 e. The van der Waals surface area contributed by atoms with E-state index in [2.05, 4.69) is 0 Å². The van der Waals surface area contributed by atoms with Crippen LogP contribution in [0.1, 0.15) is 30.5 Å². The largest absolute Gasteiger partial charge is 0.496 e. The van der Waals surface area contributed by atoms with E-state index in [4.69, 9.17) is 4.74 Å². The molecule has 1 amide bonds. The second-order valence-corrected chi connectivity index (χ2v) is 6.46. The van der Waals surface area contributed by atoms with Crippen LogP contribution in [0.15, 0.2) is 36.4 Å². The van der Waals surface area contributed by atoms with Gasteiger partial charge in [-0.2, -0.15) is 13.2 Å². The third-order valence-electron chi connectivity index (χ3n) is 4.61. The second-order valence-electron chi connectivity index (χ2n) is 6.46. The Bertz CT molecular complexity index is 892. The van der Waals surface area contributed by atoms with Crippen LogP contribution >= 0.6 is 0 Å². The highest BCUT2D eigenvalue weighted by Crippen LogP contribution is 2.38. The zero-order valence-corrected chi connectivity index (χ0v) is 16.3. The Balaban J connectivity index is 2.69. The summed E-state index contributed by atoms with van der Waals surface area (Å²) < 4.78 is 44.2. The lowest BCUT2D eigenvalue weighted by atomic mass is 9.92. The van der Waals surface area contributed by atoms with Gasteiger partial charge in [0, 0.05) is 25.6 Å². The van der Waals surface area contributed by atoms with E-state index >= 15 is 0 Å². The van der Waals surface area contributed by atoms with Crippen molar-refractivity contribution in [2.45, 2.75) is 33.0 Å². The van der Waals surface area contributed by atoms with E-state index < -0.39 is 17.7 Å². The Labute approximate surface area is 166 Å². The number of hydrogen-bond acceptors (Lipinski definition) is 3. The van der Waals surface area contributed by atoms with E-state index in [0.29, 0.717) is 34.5 Å². The Morgan fingerprint density at radius 3 is 2.17 bits per heavy atom. The van der Waals surface area contributed by atoms with Crippen LogP contribution < -0.4 is 4.74 Å². The maximum atomic E-state index is 12.9. The van der Waals surface area contributed by atoms with E-state index in [1.165, 1.54) is 31.1 Å². The fourth-order valence-corrected chi connectivity index (χ4v) is 3.13. The lowest BCUT2D eigenvalue weighted by Crippen LogP contribution is -2.28. The van der Waals surface area contributed by atoms with Crippen molar-refractivity contribution in [1.29, 1.82) is 0 Å². The summed E-state index contributed by atoms with van der Waals surface area (Å²) in [5, 5.41) is 9.27. The number of halogens is 3. The zero-order valence-electron chi connectivity index (χ0n) is 16.3. The molecule has 0 atom stereocenters. The van der Waals surface area contributed by atoms with E-state index in [0.717, 1.165) is 12.1 Å². The van der Waals surface area contributed by atoms with Gasteiger partial charge in [-0.1, -0.05) is 18.2 Å². The molecule has 0 radical (unpaired) electrons. The van der Waals surface area contributed by atoms with Crippen molar-refractivity contribution in [2.75, 3.05) is 13.7 Å². The summed E-state index contributed by atoms with van der Waals surface area (Å²) in [5.74, 6) is -0.871. The fourth-order valence-electron chi connectivity index (χ4n) is 3.13. The summed E-state index contributed by atoms with van der Waals surface area (Å²) in [7, 11) is 1.42. The molecule has 0 aliphatic carbocycles. The minimum absolute atomic E-state index is 0.113. The average molecular weight is 409 g/mol. The summed E-state index contributed by atoms with van der Waals surface area (Å²) in [4.78, 5) is 24.8. The standard InChI is InChI=1S/C21H22F3NO4/c1-4-25(13(2)26)12-17-15(11-19(27)28)7-10-18(29-3)20(17)14-5-8-16(9-6-14)21(22,23)24/h5-10H,4,11-12H2,1-3H3,(H,27,28). The fraction of sp³-hybridized carbons (Fsp3) is 0.333. The van der Waals surface area contributed by atoms with Gasteiger partial charge in [-0.05, 0) is 41.8 Å². The molecule has 0 fully saturated rings. The number of aliphatic carboxylic acids is 1. The Morgan fingerprint density at radius 2 is 1.72 bits per heavy atom. The lowest BCUT2D eigenvalue weighted by Gasteiger charge is -2.24. The Morgan fingerprint density at radius 1 is 1.10 bits per heavy atom. The highest BCUT2D eigenvalue weighted by atomic mass is 19.4. The van der Waals surface area contributed by atoms with Crippen LogP contribution in [0.3, 0.4) is 0 Å². The molecule has 2 aromatic carbocycles. The van der Waals surface area contributed by atoms with Gasteiger partial charge in [0.25, 0.3) is 0 Å². The molecule has 0 aromatic heterocycles. The molecule has 0 aliphatic heterocycles. The lowest BCUT2D eigenvalue weighted by molar-refractivity contribution is -0.138. The van der Waals surface area contributed by atoms with Crippen LogP contribution in [-0.2, 0) is 28.7 Å². The predicted molar refractivity (Wildman–Crippen MR) is 102 cm³/mol. The monoisotopic (exact) mass is 409 g/mol. The van der Waals surface area contributed by atoms with Crippen LogP contribution in [0.2, 0.25) is 0 Å². The van der Waals surface area contributed by atoms with Crippen molar-refractivity contribution in [1.82, 2.24) is 4.90 Å². The van der Waals surface area contributed by atoms with Gasteiger partial charge in [0.1, 0.15) is 5.75 Å². The normalized spacial score (nSPS) is 11.2. The zero-order chi connectivity index (χ0) is 21.8. The number of carbonyl (C=O) groups excluding carboxylic acids is 1. The highest BCUT2D eigenvalue weighted by molar-refractivity contribution is 5.80. The van der Waals surface area contributed by atoms with E-state index in [1.54, 1.807) is 19.1 Å². The summed E-state index contributed by atoms with van der Waals surface area (Å²) >= 11 is 0. The number of alkyl halides is 3. The maximum Gasteiger partial charge on any atom is 0.416 e. The summed E-state index contributed by atoms with van der Waals surface area (Å²) in [6.07, 6.45) is -4.76. The third-order valence-corrected chi connectivity index (χ3v) is 4.61. The summed E-state index contributed by atoms with van der Waals surface area (Å²) in [5.41, 5.74) is 1.12. The van der Waals surface area contributed by atoms with Crippen LogP contribution in [0.5, 0.6) is 5.75 Å². The van der Waals surface area contributed by atoms with Crippen LogP contribution in [0.4, 0.5) is 13.2 Å². The Kier molecular flexibility index (Phi) is 6.89. The van der Waals surface area contributed by atoms with Gasteiger partial charge in [0.2, 0.25) is 5.91 Å². The molecule has 0 spiro atoms. The van der Waals surface area contributed by atoms with Gasteiger partial charge < -0.3 is 14.7 Å². The molecule has 29 heavy (non-hydrogen) atoms. The summed E-state index contributed by atoms with van der Waals surface area (Å²) in [6.45, 7) is 3.70. The van der Waals surface area contributed by atoms with Crippen molar-refractivity contribution in [2.24, 2.45) is 0 Å². The number of hydrogen-bond donors (Lipinski definition) is 1. The number of rotatable bonds is 7. The van der Waals surface area contributed by atoms with Crippen LogP contribution in [0, 0.1) is 0 Å². The van der Waals surface area contributed by atoms with Gasteiger partial charge >= 0.3 is 12.1 Å². The number of benzene rings is 2. The molecule has 5 nitrogen and oxygen atoms in total. The van der Waals surface area contributed by atoms with E-state index in [1.807, 2.05) is 0 Å². The number of amides is 1. The van der Waals surface area contributed by atoms with Crippen LogP contribution in [-0.4, -0.2) is 35.5 Å². The van der Waals surface area contributed by atoms with Crippen molar-refractivity contribution in [3.8, 4) is 16.9 Å². The van der Waals surface area contributed by atoms with Gasteiger partial charge in [-0.3, -0.25) is 9.59 Å². The molecule has 2 rings (SSSR count). The van der Waals surface area contributed by atoms with E-state index in [-0.39, 0.29) is 18.9 Å². The second kappa shape index (κ2) is 8.98. The molecule has 8 heteroatoms. The van der Waals surface area contributed by atoms with Crippen LogP contribution in [0.25, 0.3) is 11.1 Å². The van der Waals surface area contributed by atoms with Gasteiger partial charge in [-0.25, -0.2) is 0 Å². The van der Waals surface area contributed by atoms with Gasteiger partial charge in [-0.15, -0.1) is 0 Å². The molecule has 0 bridgehead atoms. The SMILES string of the molecule is CCN(Cc1c(CC(=O)O)ccc(OC)c1-c1ccc(C(F)(F)F)cc1)C(C)=O. The number of ether oxygens (including phenoxy) is 1. The molecule has 0 heterocycles. The number of carboxylic acid groups (broad SMARTS) is 1. The molecule has 0 aliphatic rings. The third kappa shape index (κ3) is 5.28. The number of methoxy groups -OCH3 is 1. The topological polar surface area (TPSA) is 66.8 Å². The number of carboxylic acids is 1. The first-order chi connectivity index (χ1) is 13.6. The Hall–Kier alpha value is -3.03. The first-order valence-corrected chi connectivity index (χ1v) is 8.92. The quantitative estimate of drug-likeness (QED) is 0.737. The first-order valence-electron chi connectivity index (χ1n) is 8.92. The molecule has 0 saturated heterocycles. The average Bonchev–Trinajstić information content (AvgIpc) is 2.65. The maximum absolute atomic E-state index is 12.9. The summed E-state index contributed by atoms with van der Waals surface area (Å²) in [6, 6.07) is 7.75. The van der Waals surface area contributed by atoms with Crippen molar-refractivity contribution < 1.29 is 32.6 Å². The highest BCUT2D eigenvalue weighted by Gasteiger charge is 2.30. The van der Waals surface area contributed by atoms with Gasteiger partial charge in [0.05, 0.1) is 19.1 Å². The number of carbonyl (C=O) groups is 2. The van der Waals surface area contributed by atoms with Crippen molar-refractivity contribution in [3.63, 3.8) is 0 Å². The smallest absolute Gasteiger partial charge is 0.416 e. The molecule has 2 aromatic rings. The van der Waals surface area contributed by atoms with Gasteiger partial charge in [0.15, 0.2) is 0 Å².